The molecule has 2 rings (SSSR count). The van der Waals surface area contributed by atoms with Crippen LogP contribution in [0.1, 0.15) is 0 Å². The van der Waals surface area contributed by atoms with E-state index in [0.717, 1.165) is 5.69 Å². The van der Waals surface area contributed by atoms with Gasteiger partial charge in [0.1, 0.15) is 12.1 Å². The van der Waals surface area contributed by atoms with Crippen molar-refractivity contribution in [1.29, 1.82) is 10.5 Å². The first kappa shape index (κ1) is 17.7. The van der Waals surface area contributed by atoms with Crippen molar-refractivity contribution >= 4 is 39.5 Å². The minimum atomic E-state index is -0.0297. The number of thioether (sulfide) groups is 2. The van der Waals surface area contributed by atoms with Crippen molar-refractivity contribution in [3.8, 4) is 12.1 Å². The summed E-state index contributed by atoms with van der Waals surface area (Å²) >= 11 is 2.82. The van der Waals surface area contributed by atoms with Crippen LogP contribution in [0, 0.1) is 22.7 Å². The number of para-hydroxylation sites is 1. The minimum absolute atomic E-state index is 0.0297. The summed E-state index contributed by atoms with van der Waals surface area (Å²) < 4.78 is 0. The topological polar surface area (TPSA) is 90.8 Å². The standard InChI is InChI=1S/C15H15N7S2/c1-21-13(11(9-16)10-17)22(15(20-21)24-3)19-14(23-2)18-12-7-5-4-6-8-12/h4-8H,1-3H3,(H,18,19). The molecule has 0 aliphatic carbocycles. The molecule has 7 nitrogen and oxygen atoms in total. The van der Waals surface area contributed by atoms with E-state index in [1.165, 1.54) is 28.5 Å². The summed E-state index contributed by atoms with van der Waals surface area (Å²) in [5, 5.41) is 27.1. The molecule has 24 heavy (non-hydrogen) atoms. The van der Waals surface area contributed by atoms with E-state index < -0.39 is 0 Å². The Balaban J connectivity index is 2.38. The summed E-state index contributed by atoms with van der Waals surface area (Å²) in [6.45, 7) is 0. The van der Waals surface area contributed by atoms with E-state index in [4.69, 9.17) is 0 Å². The van der Waals surface area contributed by atoms with Gasteiger partial charge in [-0.25, -0.2) is 15.0 Å². The smallest absolute Gasteiger partial charge is 0.208 e. The molecular weight excluding hydrogens is 342 g/mol. The van der Waals surface area contributed by atoms with Gasteiger partial charge in [0.15, 0.2) is 16.6 Å². The van der Waals surface area contributed by atoms with Crippen molar-refractivity contribution in [2.24, 2.45) is 10.1 Å². The molecule has 1 aliphatic heterocycles. The first-order valence-corrected chi connectivity index (χ1v) is 9.24. The molecule has 0 aromatic heterocycles. The number of hydrazone groups is 1. The van der Waals surface area contributed by atoms with E-state index in [1.54, 1.807) is 12.1 Å². The number of benzene rings is 1. The van der Waals surface area contributed by atoms with Crippen molar-refractivity contribution in [2.45, 2.75) is 0 Å². The highest BCUT2D eigenvalue weighted by Crippen LogP contribution is 2.25. The number of rotatable bonds is 2. The lowest BCUT2D eigenvalue weighted by molar-refractivity contribution is 0.350. The van der Waals surface area contributed by atoms with Gasteiger partial charge in [-0.1, -0.05) is 41.7 Å². The molecule has 122 valence electrons. The van der Waals surface area contributed by atoms with E-state index in [0.29, 0.717) is 16.2 Å². The zero-order valence-corrected chi connectivity index (χ0v) is 15.0. The Morgan fingerprint density at radius 3 is 2.42 bits per heavy atom. The normalized spacial score (nSPS) is 14.1. The molecular formula is C15H15N7S2. The number of amidine groups is 2. The second kappa shape index (κ2) is 8.29. The van der Waals surface area contributed by atoms with Crippen molar-refractivity contribution in [2.75, 3.05) is 19.6 Å². The molecule has 9 heteroatoms. The fraction of sp³-hybridized carbons (Fsp3) is 0.200. The number of nitrogens with zero attached hydrogens (tertiary/aromatic N) is 6. The monoisotopic (exact) mass is 357 g/mol. The maximum absolute atomic E-state index is 9.20. The fourth-order valence-electron chi connectivity index (χ4n) is 1.92. The molecule has 0 unspecified atom stereocenters. The highest BCUT2D eigenvalue weighted by Gasteiger charge is 2.31. The quantitative estimate of drug-likeness (QED) is 0.494. The average Bonchev–Trinajstić information content (AvgIpc) is 2.92. The Hall–Kier alpha value is -2.62. The van der Waals surface area contributed by atoms with Crippen LogP contribution in [0.25, 0.3) is 0 Å². The summed E-state index contributed by atoms with van der Waals surface area (Å²) in [6, 6.07) is 13.3. The van der Waals surface area contributed by atoms with Gasteiger partial charge >= 0.3 is 0 Å². The van der Waals surface area contributed by atoms with Crippen molar-refractivity contribution in [3.63, 3.8) is 0 Å². The maximum atomic E-state index is 9.20. The lowest BCUT2D eigenvalue weighted by Crippen LogP contribution is -2.42. The molecule has 1 heterocycles. The van der Waals surface area contributed by atoms with Crippen LogP contribution >= 0.6 is 23.5 Å². The zero-order valence-electron chi connectivity index (χ0n) is 13.4. The van der Waals surface area contributed by atoms with Crippen LogP contribution in [0.2, 0.25) is 0 Å². The summed E-state index contributed by atoms with van der Waals surface area (Å²) in [6.07, 6.45) is 3.76. The first-order valence-electron chi connectivity index (χ1n) is 6.80. The van der Waals surface area contributed by atoms with Gasteiger partial charge in [0.2, 0.25) is 5.17 Å². The second-order valence-electron chi connectivity index (χ2n) is 4.44. The van der Waals surface area contributed by atoms with E-state index in [9.17, 15) is 10.5 Å². The lowest BCUT2D eigenvalue weighted by atomic mass is 10.3. The Kier molecular flexibility index (Phi) is 6.13. The van der Waals surface area contributed by atoms with Gasteiger partial charge in [0.05, 0.1) is 5.69 Å². The molecule has 1 N–H and O–H groups in total. The van der Waals surface area contributed by atoms with Gasteiger partial charge in [0, 0.05) is 7.05 Å². The first-order chi connectivity index (χ1) is 11.6. The van der Waals surface area contributed by atoms with E-state index >= 15 is 0 Å². The molecule has 0 saturated carbocycles. The highest BCUT2D eigenvalue weighted by atomic mass is 32.2. The number of hydrogen-bond donors (Lipinski definition) is 1. The molecule has 1 aromatic carbocycles. The van der Waals surface area contributed by atoms with E-state index in [1.807, 2.05) is 55.0 Å². The predicted octanol–water partition coefficient (Wildman–Crippen LogP) is 2.68. The number of allylic oxidation sites excluding steroid dienone is 1. The molecule has 1 aromatic rings. The Bertz CT molecular complexity index is 755. The molecule has 1 aliphatic rings. The van der Waals surface area contributed by atoms with Crippen LogP contribution in [0.4, 0.5) is 5.69 Å². The van der Waals surface area contributed by atoms with Gasteiger partial charge in [-0.05, 0) is 24.6 Å². The maximum Gasteiger partial charge on any atom is 0.208 e. The number of aliphatic imine (C=N–C) groups is 1. The van der Waals surface area contributed by atoms with Gasteiger partial charge < -0.3 is 0 Å². The van der Waals surface area contributed by atoms with Gasteiger partial charge in [-0.2, -0.15) is 10.5 Å². The Morgan fingerprint density at radius 1 is 1.21 bits per heavy atom. The van der Waals surface area contributed by atoms with Gasteiger partial charge in [-0.3, -0.25) is 5.43 Å². The molecule has 0 atom stereocenters. The Morgan fingerprint density at radius 2 is 1.88 bits per heavy atom. The molecule has 0 fully saturated rings. The molecule has 0 bridgehead atoms. The molecule has 0 amide bonds. The number of hydrogen-bond acceptors (Lipinski definition) is 8. The summed E-state index contributed by atoms with van der Waals surface area (Å²) in [4.78, 5) is 4.54. The van der Waals surface area contributed by atoms with Crippen molar-refractivity contribution < 1.29 is 0 Å². The van der Waals surface area contributed by atoms with Gasteiger partial charge in [0.25, 0.3) is 0 Å². The number of nitriles is 2. The number of hydrazine groups is 1. The van der Waals surface area contributed by atoms with Crippen LogP contribution in [-0.2, 0) is 0 Å². The van der Waals surface area contributed by atoms with Crippen molar-refractivity contribution in [3.05, 3.63) is 41.7 Å². The van der Waals surface area contributed by atoms with Crippen LogP contribution in [-0.4, -0.2) is 39.9 Å². The van der Waals surface area contributed by atoms with Crippen LogP contribution in [0.15, 0.2) is 51.8 Å². The van der Waals surface area contributed by atoms with Crippen LogP contribution < -0.4 is 5.43 Å². The molecule has 0 radical (unpaired) electrons. The second-order valence-corrected chi connectivity index (χ2v) is 6.00. The third-order valence-electron chi connectivity index (χ3n) is 2.96. The largest absolute Gasteiger partial charge is 0.268 e. The third-order valence-corrected chi connectivity index (χ3v) is 4.16. The third kappa shape index (κ3) is 3.82. The van der Waals surface area contributed by atoms with Crippen LogP contribution in [0.3, 0.4) is 0 Å². The fourth-order valence-corrected chi connectivity index (χ4v) is 2.82. The van der Waals surface area contributed by atoms with Crippen LogP contribution in [0.5, 0.6) is 0 Å². The zero-order chi connectivity index (χ0) is 17.5. The average molecular weight is 357 g/mol. The molecule has 0 spiro atoms. The number of nitrogens with one attached hydrogen (secondary N) is 1. The predicted molar refractivity (Wildman–Crippen MR) is 99.0 cm³/mol. The summed E-state index contributed by atoms with van der Waals surface area (Å²) in [5.74, 6) is 0.374. The SMILES string of the molecule is CSC(=Nc1ccccc1)NN1C(SC)=NN(C)C1=C(C#N)C#N. The molecule has 0 saturated heterocycles. The lowest BCUT2D eigenvalue weighted by Gasteiger charge is -2.23. The summed E-state index contributed by atoms with van der Waals surface area (Å²) in [7, 11) is 1.69. The summed E-state index contributed by atoms with van der Waals surface area (Å²) in [5.41, 5.74) is 3.91. The van der Waals surface area contributed by atoms with E-state index in [2.05, 4.69) is 15.5 Å². The van der Waals surface area contributed by atoms with Gasteiger partial charge in [-0.15, -0.1) is 5.10 Å². The van der Waals surface area contributed by atoms with Crippen molar-refractivity contribution in [1.82, 2.24) is 15.4 Å². The highest BCUT2D eigenvalue weighted by molar-refractivity contribution is 8.13. The minimum Gasteiger partial charge on any atom is -0.268 e. The van der Waals surface area contributed by atoms with E-state index in [-0.39, 0.29) is 5.57 Å². The Labute approximate surface area is 149 Å².